The number of rotatable bonds is 4. The number of halogens is 1. The number of nitrogens with zero attached hydrogens (tertiary/aromatic N) is 2. The Morgan fingerprint density at radius 1 is 1.09 bits per heavy atom. The van der Waals surface area contributed by atoms with E-state index in [9.17, 15) is 9.90 Å². The molecule has 0 aliphatic carbocycles. The summed E-state index contributed by atoms with van der Waals surface area (Å²) >= 11 is 6.44. The number of fused-ring (bicyclic) bond motifs is 1. The van der Waals surface area contributed by atoms with Gasteiger partial charge >= 0.3 is 0 Å². The highest BCUT2D eigenvalue weighted by molar-refractivity contribution is 6.31. The van der Waals surface area contributed by atoms with Crippen LogP contribution in [0.2, 0.25) is 5.02 Å². The van der Waals surface area contributed by atoms with Crippen molar-refractivity contribution in [3.63, 3.8) is 0 Å². The molecule has 1 aromatic heterocycles. The molecular weight excluding hydrogens is 460 g/mol. The molecule has 7 heteroatoms. The Bertz CT molecular complexity index is 1240. The SMILES string of the molecule is Cc1cc(O)c(C2NNC3C(=O)N(Cc4cccnc4)C(c4ccc(C(C)(C)C)cc4)C32)cc1Cl. The number of hydrazine groups is 1. The van der Waals surface area contributed by atoms with Gasteiger partial charge in [-0.2, -0.15) is 0 Å². The zero-order chi connectivity index (χ0) is 24.9. The maximum absolute atomic E-state index is 13.7. The van der Waals surface area contributed by atoms with Crippen molar-refractivity contribution in [3.8, 4) is 5.75 Å². The fourth-order valence-corrected chi connectivity index (χ4v) is 5.51. The first kappa shape index (κ1) is 23.8. The van der Waals surface area contributed by atoms with Gasteiger partial charge in [-0.1, -0.05) is 62.7 Å². The Hall–Kier alpha value is -2.93. The van der Waals surface area contributed by atoms with E-state index in [-0.39, 0.29) is 35.1 Å². The number of hydrogen-bond acceptors (Lipinski definition) is 5. The van der Waals surface area contributed by atoms with E-state index in [2.05, 4.69) is 60.9 Å². The molecule has 0 saturated carbocycles. The molecule has 6 nitrogen and oxygen atoms in total. The minimum atomic E-state index is -0.427. The van der Waals surface area contributed by atoms with Gasteiger partial charge in [0.15, 0.2) is 0 Å². The Kier molecular flexibility index (Phi) is 6.08. The number of carbonyl (C=O) groups excluding carboxylic acids is 1. The number of aromatic hydroxyl groups is 1. The first-order valence-electron chi connectivity index (χ1n) is 11.9. The smallest absolute Gasteiger partial charge is 0.242 e. The zero-order valence-corrected chi connectivity index (χ0v) is 21.2. The number of phenolic OH excluding ortho intramolecular Hbond substituents is 1. The molecule has 5 rings (SSSR count). The highest BCUT2D eigenvalue weighted by Crippen LogP contribution is 2.49. The van der Waals surface area contributed by atoms with E-state index in [4.69, 9.17) is 11.6 Å². The largest absolute Gasteiger partial charge is 0.508 e. The second-order valence-electron chi connectivity index (χ2n) is 10.6. The lowest BCUT2D eigenvalue weighted by Crippen LogP contribution is -2.41. The van der Waals surface area contributed by atoms with Gasteiger partial charge in [-0.25, -0.2) is 10.9 Å². The molecule has 182 valence electrons. The van der Waals surface area contributed by atoms with E-state index in [1.54, 1.807) is 18.5 Å². The molecule has 2 aliphatic rings. The lowest BCUT2D eigenvalue weighted by molar-refractivity contribution is -0.131. The van der Waals surface area contributed by atoms with Crippen LogP contribution in [0.5, 0.6) is 5.75 Å². The predicted octanol–water partition coefficient (Wildman–Crippen LogP) is 4.96. The molecule has 3 N–H and O–H groups in total. The fourth-order valence-electron chi connectivity index (χ4n) is 5.34. The van der Waals surface area contributed by atoms with Crippen molar-refractivity contribution in [1.82, 2.24) is 20.7 Å². The van der Waals surface area contributed by atoms with Crippen molar-refractivity contribution >= 4 is 17.5 Å². The number of amides is 1. The molecule has 1 amide bonds. The minimum Gasteiger partial charge on any atom is -0.508 e. The van der Waals surface area contributed by atoms with Crippen molar-refractivity contribution in [3.05, 3.63) is 93.8 Å². The molecule has 35 heavy (non-hydrogen) atoms. The number of nitrogens with one attached hydrogen (secondary N) is 2. The van der Waals surface area contributed by atoms with Crippen molar-refractivity contribution in [2.45, 2.75) is 57.8 Å². The highest BCUT2D eigenvalue weighted by Gasteiger charge is 2.55. The van der Waals surface area contributed by atoms with E-state index in [0.29, 0.717) is 17.1 Å². The van der Waals surface area contributed by atoms with E-state index in [1.165, 1.54) is 5.56 Å². The van der Waals surface area contributed by atoms with Gasteiger partial charge < -0.3 is 10.0 Å². The van der Waals surface area contributed by atoms with Crippen molar-refractivity contribution in [2.75, 3.05) is 0 Å². The molecule has 2 saturated heterocycles. The molecular formula is C28H31ClN4O2. The lowest BCUT2D eigenvalue weighted by Gasteiger charge is -2.32. The topological polar surface area (TPSA) is 77.5 Å². The summed E-state index contributed by atoms with van der Waals surface area (Å²) in [6, 6.07) is 15.0. The van der Waals surface area contributed by atoms with Crippen LogP contribution in [0.3, 0.4) is 0 Å². The standard InChI is InChI=1S/C28H31ClN4O2/c1-16-12-22(34)20(13-21(16)29)24-23-25(32-31-24)27(35)33(15-17-6-5-11-30-14-17)26(23)18-7-9-19(10-8-18)28(2,3)4/h5-14,23-26,31-32,34H,15H2,1-4H3. The summed E-state index contributed by atoms with van der Waals surface area (Å²) in [5.74, 6) is 0.0487. The van der Waals surface area contributed by atoms with Gasteiger partial charge in [0, 0.05) is 35.4 Å². The third-order valence-electron chi connectivity index (χ3n) is 7.25. The van der Waals surface area contributed by atoms with Crippen LogP contribution in [0, 0.1) is 12.8 Å². The first-order valence-corrected chi connectivity index (χ1v) is 12.3. The monoisotopic (exact) mass is 490 g/mol. The van der Waals surface area contributed by atoms with E-state index >= 15 is 0 Å². The fraction of sp³-hybridized carbons (Fsp3) is 0.357. The summed E-state index contributed by atoms with van der Waals surface area (Å²) in [7, 11) is 0. The molecule has 3 heterocycles. The van der Waals surface area contributed by atoms with Gasteiger partial charge in [0.05, 0.1) is 12.1 Å². The second-order valence-corrected chi connectivity index (χ2v) is 11.0. The molecule has 0 radical (unpaired) electrons. The van der Waals surface area contributed by atoms with Crippen LogP contribution in [-0.4, -0.2) is 26.9 Å². The van der Waals surface area contributed by atoms with Gasteiger partial charge in [0.2, 0.25) is 5.91 Å². The van der Waals surface area contributed by atoms with Crippen LogP contribution < -0.4 is 10.9 Å². The van der Waals surface area contributed by atoms with Crippen LogP contribution in [-0.2, 0) is 16.8 Å². The molecule has 0 bridgehead atoms. The maximum atomic E-state index is 13.7. The quantitative estimate of drug-likeness (QED) is 0.481. The van der Waals surface area contributed by atoms with Crippen molar-refractivity contribution < 1.29 is 9.90 Å². The molecule has 2 fully saturated rings. The number of likely N-dealkylation sites (tertiary alicyclic amines) is 1. The molecule has 0 spiro atoms. The molecule has 2 aromatic carbocycles. The van der Waals surface area contributed by atoms with Gasteiger partial charge in [-0.05, 0) is 52.8 Å². The van der Waals surface area contributed by atoms with Gasteiger partial charge in [-0.15, -0.1) is 0 Å². The van der Waals surface area contributed by atoms with Crippen LogP contribution in [0.4, 0.5) is 0 Å². The lowest BCUT2D eigenvalue weighted by atomic mass is 9.81. The highest BCUT2D eigenvalue weighted by atomic mass is 35.5. The number of phenols is 1. The minimum absolute atomic E-state index is 0.0245. The molecule has 4 unspecified atom stereocenters. The first-order chi connectivity index (χ1) is 16.6. The van der Waals surface area contributed by atoms with Gasteiger partial charge in [-0.3, -0.25) is 9.78 Å². The second kappa shape index (κ2) is 8.94. The number of carbonyl (C=O) groups is 1. The molecule has 4 atom stereocenters. The van der Waals surface area contributed by atoms with Gasteiger partial charge in [0.25, 0.3) is 0 Å². The zero-order valence-electron chi connectivity index (χ0n) is 20.4. The van der Waals surface area contributed by atoms with Gasteiger partial charge in [0.1, 0.15) is 11.8 Å². The van der Waals surface area contributed by atoms with Crippen LogP contribution in [0.25, 0.3) is 0 Å². The average Bonchev–Trinajstić information content (AvgIpc) is 3.36. The third-order valence-corrected chi connectivity index (χ3v) is 7.66. The van der Waals surface area contributed by atoms with E-state index < -0.39 is 6.04 Å². The van der Waals surface area contributed by atoms with E-state index in [1.807, 2.05) is 30.0 Å². The average molecular weight is 491 g/mol. The summed E-state index contributed by atoms with van der Waals surface area (Å²) in [4.78, 5) is 19.9. The summed E-state index contributed by atoms with van der Waals surface area (Å²) < 4.78 is 0. The number of hydrogen-bond donors (Lipinski definition) is 3. The third kappa shape index (κ3) is 4.31. The normalized spacial score (nSPS) is 24.1. The predicted molar refractivity (Wildman–Crippen MR) is 137 cm³/mol. The van der Waals surface area contributed by atoms with Crippen LogP contribution in [0.15, 0.2) is 60.9 Å². The Morgan fingerprint density at radius 2 is 1.80 bits per heavy atom. The summed E-state index contributed by atoms with van der Waals surface area (Å²) in [5, 5.41) is 11.4. The Labute approximate surface area is 211 Å². The Balaban J connectivity index is 1.59. The van der Waals surface area contributed by atoms with Crippen LogP contribution in [0.1, 0.15) is 60.7 Å². The van der Waals surface area contributed by atoms with Crippen molar-refractivity contribution in [2.24, 2.45) is 5.92 Å². The summed E-state index contributed by atoms with van der Waals surface area (Å²) in [5.41, 5.74) is 11.3. The maximum Gasteiger partial charge on any atom is 0.242 e. The summed E-state index contributed by atoms with van der Waals surface area (Å²) in [6.07, 6.45) is 3.54. The van der Waals surface area contributed by atoms with Crippen molar-refractivity contribution in [1.29, 1.82) is 0 Å². The number of aromatic nitrogens is 1. The molecule has 3 aromatic rings. The van der Waals surface area contributed by atoms with E-state index in [0.717, 1.165) is 16.7 Å². The number of pyridine rings is 1. The van der Waals surface area contributed by atoms with Crippen LogP contribution >= 0.6 is 11.6 Å². The Morgan fingerprint density at radius 3 is 2.46 bits per heavy atom. The summed E-state index contributed by atoms with van der Waals surface area (Å²) in [6.45, 7) is 8.90. The number of aryl methyl sites for hydroxylation is 1. The number of benzene rings is 2. The molecule has 2 aliphatic heterocycles.